The van der Waals surface area contributed by atoms with Gasteiger partial charge in [-0.05, 0) is 48.6 Å². The van der Waals surface area contributed by atoms with Gasteiger partial charge in [0, 0.05) is 29.8 Å². The molecule has 0 bridgehead atoms. The number of nitrogens with one attached hydrogen (secondary N) is 1. The van der Waals surface area contributed by atoms with Gasteiger partial charge in [-0.15, -0.1) is 0 Å². The van der Waals surface area contributed by atoms with Crippen LogP contribution in [0.5, 0.6) is 0 Å². The molecule has 1 aromatic rings. The number of halogens is 1. The number of rotatable bonds is 6. The SMILES string of the molecule is CCN(C)CC(C)NCc1ccc(Br)cn1. The number of likely N-dealkylation sites (N-methyl/N-ethyl adjacent to an activating group) is 1. The van der Waals surface area contributed by atoms with Crippen LogP contribution in [0.3, 0.4) is 0 Å². The molecular formula is C12H20BrN3. The zero-order chi connectivity index (χ0) is 12.0. The summed E-state index contributed by atoms with van der Waals surface area (Å²) < 4.78 is 1.02. The summed E-state index contributed by atoms with van der Waals surface area (Å²) in [5.41, 5.74) is 1.08. The molecule has 90 valence electrons. The first-order chi connectivity index (χ1) is 7.61. The molecule has 0 fully saturated rings. The molecule has 0 saturated carbocycles. The van der Waals surface area contributed by atoms with Crippen LogP contribution >= 0.6 is 15.9 Å². The molecule has 1 rings (SSSR count). The van der Waals surface area contributed by atoms with Gasteiger partial charge in [0.2, 0.25) is 0 Å². The Balaban J connectivity index is 2.31. The van der Waals surface area contributed by atoms with Crippen LogP contribution in [0.4, 0.5) is 0 Å². The normalized spacial score (nSPS) is 13.1. The molecule has 1 heterocycles. The first-order valence-electron chi connectivity index (χ1n) is 5.64. The lowest BCUT2D eigenvalue weighted by atomic mass is 10.3. The molecule has 0 saturated heterocycles. The molecule has 0 aliphatic heterocycles. The van der Waals surface area contributed by atoms with Gasteiger partial charge in [0.25, 0.3) is 0 Å². The maximum absolute atomic E-state index is 4.33. The van der Waals surface area contributed by atoms with Gasteiger partial charge in [-0.2, -0.15) is 0 Å². The largest absolute Gasteiger partial charge is 0.307 e. The summed E-state index contributed by atoms with van der Waals surface area (Å²) in [5, 5.41) is 3.46. The van der Waals surface area contributed by atoms with Crippen LogP contribution in [0.25, 0.3) is 0 Å². The predicted octanol–water partition coefficient (Wildman–Crippen LogP) is 2.27. The second kappa shape index (κ2) is 6.99. The molecule has 1 N–H and O–H groups in total. The molecule has 0 aromatic carbocycles. The Kier molecular flexibility index (Phi) is 5.95. The number of pyridine rings is 1. The van der Waals surface area contributed by atoms with Gasteiger partial charge in [-0.1, -0.05) is 6.92 Å². The van der Waals surface area contributed by atoms with E-state index in [-0.39, 0.29) is 0 Å². The van der Waals surface area contributed by atoms with Gasteiger partial charge < -0.3 is 10.2 Å². The van der Waals surface area contributed by atoms with E-state index in [1.165, 1.54) is 0 Å². The summed E-state index contributed by atoms with van der Waals surface area (Å²) in [6, 6.07) is 4.54. The average Bonchev–Trinajstić information content (AvgIpc) is 2.28. The Hall–Kier alpha value is -0.450. The Morgan fingerprint density at radius 3 is 2.81 bits per heavy atom. The molecular weight excluding hydrogens is 266 g/mol. The molecule has 16 heavy (non-hydrogen) atoms. The first-order valence-corrected chi connectivity index (χ1v) is 6.43. The number of hydrogen-bond acceptors (Lipinski definition) is 3. The van der Waals surface area contributed by atoms with Crippen molar-refractivity contribution in [2.45, 2.75) is 26.4 Å². The monoisotopic (exact) mass is 285 g/mol. The molecule has 0 aliphatic carbocycles. The van der Waals surface area contributed by atoms with E-state index >= 15 is 0 Å². The van der Waals surface area contributed by atoms with Crippen molar-refractivity contribution in [2.24, 2.45) is 0 Å². The second-order valence-corrected chi connectivity index (χ2v) is 5.02. The topological polar surface area (TPSA) is 28.2 Å². The predicted molar refractivity (Wildman–Crippen MR) is 71.4 cm³/mol. The molecule has 0 radical (unpaired) electrons. The highest BCUT2D eigenvalue weighted by Gasteiger charge is 2.04. The Morgan fingerprint density at radius 1 is 1.50 bits per heavy atom. The highest BCUT2D eigenvalue weighted by molar-refractivity contribution is 9.10. The standard InChI is InChI=1S/C12H20BrN3/c1-4-16(3)9-10(2)14-8-12-6-5-11(13)7-15-12/h5-7,10,14H,4,8-9H2,1-3H3. The van der Waals surface area contributed by atoms with Gasteiger partial charge in [0.05, 0.1) is 5.69 Å². The van der Waals surface area contributed by atoms with Gasteiger partial charge in [0.1, 0.15) is 0 Å². The minimum atomic E-state index is 0.482. The highest BCUT2D eigenvalue weighted by Crippen LogP contribution is 2.07. The lowest BCUT2D eigenvalue weighted by Gasteiger charge is -2.20. The fourth-order valence-electron chi connectivity index (χ4n) is 1.45. The molecule has 0 aliphatic rings. The maximum Gasteiger partial charge on any atom is 0.0542 e. The zero-order valence-corrected chi connectivity index (χ0v) is 11.8. The van der Waals surface area contributed by atoms with E-state index in [4.69, 9.17) is 0 Å². The quantitative estimate of drug-likeness (QED) is 0.869. The minimum Gasteiger partial charge on any atom is -0.307 e. The van der Waals surface area contributed by atoms with Crippen molar-refractivity contribution in [3.8, 4) is 0 Å². The molecule has 1 aromatic heterocycles. The lowest BCUT2D eigenvalue weighted by molar-refractivity contribution is 0.309. The summed E-state index contributed by atoms with van der Waals surface area (Å²) in [5.74, 6) is 0. The van der Waals surface area contributed by atoms with E-state index < -0.39 is 0 Å². The number of aromatic nitrogens is 1. The summed E-state index contributed by atoms with van der Waals surface area (Å²) in [7, 11) is 2.13. The lowest BCUT2D eigenvalue weighted by Crippen LogP contribution is -2.37. The molecule has 1 atom stereocenters. The molecule has 3 nitrogen and oxygen atoms in total. The Labute approximate surface area is 106 Å². The second-order valence-electron chi connectivity index (χ2n) is 4.10. The molecule has 1 unspecified atom stereocenters. The Morgan fingerprint density at radius 2 is 2.25 bits per heavy atom. The minimum absolute atomic E-state index is 0.482. The van der Waals surface area contributed by atoms with Crippen molar-refractivity contribution in [2.75, 3.05) is 20.1 Å². The van der Waals surface area contributed by atoms with Gasteiger partial charge in [-0.25, -0.2) is 0 Å². The fraction of sp³-hybridized carbons (Fsp3) is 0.583. The van der Waals surface area contributed by atoms with Crippen LogP contribution in [-0.2, 0) is 6.54 Å². The summed E-state index contributed by atoms with van der Waals surface area (Å²) in [6.45, 7) is 7.34. The fourth-order valence-corrected chi connectivity index (χ4v) is 1.69. The van der Waals surface area contributed by atoms with Crippen LogP contribution in [0, 0.1) is 0 Å². The maximum atomic E-state index is 4.33. The van der Waals surface area contributed by atoms with Crippen molar-refractivity contribution >= 4 is 15.9 Å². The van der Waals surface area contributed by atoms with E-state index in [0.29, 0.717) is 6.04 Å². The van der Waals surface area contributed by atoms with E-state index in [1.807, 2.05) is 18.3 Å². The van der Waals surface area contributed by atoms with Crippen LogP contribution < -0.4 is 5.32 Å². The van der Waals surface area contributed by atoms with Gasteiger partial charge in [0.15, 0.2) is 0 Å². The van der Waals surface area contributed by atoms with Gasteiger partial charge in [-0.3, -0.25) is 4.98 Å². The Bertz CT molecular complexity index is 300. The van der Waals surface area contributed by atoms with Crippen LogP contribution in [0.15, 0.2) is 22.8 Å². The van der Waals surface area contributed by atoms with Crippen molar-refractivity contribution in [1.82, 2.24) is 15.2 Å². The first kappa shape index (κ1) is 13.6. The highest BCUT2D eigenvalue weighted by atomic mass is 79.9. The van der Waals surface area contributed by atoms with E-state index in [1.54, 1.807) is 0 Å². The third kappa shape index (κ3) is 5.05. The van der Waals surface area contributed by atoms with Gasteiger partial charge >= 0.3 is 0 Å². The molecule has 0 spiro atoms. The molecule has 0 amide bonds. The van der Waals surface area contributed by atoms with Crippen LogP contribution in [0.2, 0.25) is 0 Å². The number of hydrogen-bond donors (Lipinski definition) is 1. The van der Waals surface area contributed by atoms with E-state index in [9.17, 15) is 0 Å². The van der Waals surface area contributed by atoms with Crippen molar-refractivity contribution < 1.29 is 0 Å². The van der Waals surface area contributed by atoms with Crippen molar-refractivity contribution in [1.29, 1.82) is 0 Å². The summed E-state index contributed by atoms with van der Waals surface area (Å²) in [6.07, 6.45) is 1.83. The van der Waals surface area contributed by atoms with Crippen molar-refractivity contribution in [3.05, 3.63) is 28.5 Å². The average molecular weight is 286 g/mol. The van der Waals surface area contributed by atoms with E-state index in [0.717, 1.165) is 29.8 Å². The van der Waals surface area contributed by atoms with Crippen molar-refractivity contribution in [3.63, 3.8) is 0 Å². The zero-order valence-electron chi connectivity index (χ0n) is 10.2. The summed E-state index contributed by atoms with van der Waals surface area (Å²) in [4.78, 5) is 6.62. The number of nitrogens with zero attached hydrogens (tertiary/aromatic N) is 2. The third-order valence-electron chi connectivity index (χ3n) is 2.55. The smallest absolute Gasteiger partial charge is 0.0542 e. The third-order valence-corrected chi connectivity index (χ3v) is 3.01. The van der Waals surface area contributed by atoms with Crippen LogP contribution in [-0.4, -0.2) is 36.1 Å². The summed E-state index contributed by atoms with van der Waals surface area (Å²) >= 11 is 3.38. The van der Waals surface area contributed by atoms with Crippen LogP contribution in [0.1, 0.15) is 19.5 Å². The van der Waals surface area contributed by atoms with E-state index in [2.05, 4.69) is 52.0 Å². The molecule has 4 heteroatoms.